The van der Waals surface area contributed by atoms with Gasteiger partial charge in [-0.2, -0.15) is 5.10 Å². The molecule has 0 saturated carbocycles. The van der Waals surface area contributed by atoms with Gasteiger partial charge in [-0.1, -0.05) is 0 Å². The van der Waals surface area contributed by atoms with E-state index in [1.165, 1.54) is 24.1 Å². The van der Waals surface area contributed by atoms with Gasteiger partial charge < -0.3 is 0 Å². The van der Waals surface area contributed by atoms with E-state index in [2.05, 4.69) is 21.0 Å². The standard InChI is InChI=1S/C12H10BrFN2/c13-12-10-2-1-3-11(10)15-16(12)9-6-4-8(14)5-7-9/h4-7H,1-3H2. The first kappa shape index (κ1) is 10.0. The summed E-state index contributed by atoms with van der Waals surface area (Å²) in [7, 11) is 0. The summed E-state index contributed by atoms with van der Waals surface area (Å²) < 4.78 is 15.7. The molecule has 0 unspecified atom stereocenters. The van der Waals surface area contributed by atoms with Crippen molar-refractivity contribution in [3.63, 3.8) is 0 Å². The molecular formula is C12H10BrFN2. The first-order chi connectivity index (χ1) is 7.75. The third kappa shape index (κ3) is 1.48. The van der Waals surface area contributed by atoms with Crippen molar-refractivity contribution in [3.05, 3.63) is 45.9 Å². The highest BCUT2D eigenvalue weighted by molar-refractivity contribution is 9.10. The highest BCUT2D eigenvalue weighted by Gasteiger charge is 2.20. The number of hydrogen-bond acceptors (Lipinski definition) is 1. The molecule has 1 aromatic carbocycles. The zero-order valence-electron chi connectivity index (χ0n) is 8.58. The van der Waals surface area contributed by atoms with Gasteiger partial charge in [-0.05, 0) is 59.5 Å². The Morgan fingerprint density at radius 2 is 1.94 bits per heavy atom. The van der Waals surface area contributed by atoms with Crippen LogP contribution in [0.5, 0.6) is 0 Å². The third-order valence-corrected chi connectivity index (χ3v) is 3.73. The van der Waals surface area contributed by atoms with Crippen molar-refractivity contribution in [2.24, 2.45) is 0 Å². The molecular weight excluding hydrogens is 271 g/mol. The second-order valence-corrected chi connectivity index (χ2v) is 4.71. The van der Waals surface area contributed by atoms with Gasteiger partial charge in [0.05, 0.1) is 11.4 Å². The van der Waals surface area contributed by atoms with Gasteiger partial charge in [-0.15, -0.1) is 0 Å². The van der Waals surface area contributed by atoms with Crippen LogP contribution in [-0.4, -0.2) is 9.78 Å². The fourth-order valence-corrected chi connectivity index (χ4v) is 2.82. The Kier molecular flexibility index (Phi) is 2.32. The molecule has 16 heavy (non-hydrogen) atoms. The van der Waals surface area contributed by atoms with Crippen LogP contribution < -0.4 is 0 Å². The average molecular weight is 281 g/mol. The topological polar surface area (TPSA) is 17.8 Å². The van der Waals surface area contributed by atoms with Crippen LogP contribution in [0.2, 0.25) is 0 Å². The number of rotatable bonds is 1. The first-order valence-electron chi connectivity index (χ1n) is 5.28. The monoisotopic (exact) mass is 280 g/mol. The molecule has 0 radical (unpaired) electrons. The molecule has 3 rings (SSSR count). The van der Waals surface area contributed by atoms with Crippen molar-refractivity contribution in [1.82, 2.24) is 9.78 Å². The number of aryl methyl sites for hydroxylation is 1. The highest BCUT2D eigenvalue weighted by atomic mass is 79.9. The van der Waals surface area contributed by atoms with Crippen LogP contribution in [-0.2, 0) is 12.8 Å². The van der Waals surface area contributed by atoms with Crippen molar-refractivity contribution in [1.29, 1.82) is 0 Å². The third-order valence-electron chi connectivity index (χ3n) is 2.92. The lowest BCUT2D eigenvalue weighted by molar-refractivity contribution is 0.626. The normalized spacial score (nSPS) is 14.1. The Morgan fingerprint density at radius 1 is 1.19 bits per heavy atom. The Bertz CT molecular complexity index is 531. The van der Waals surface area contributed by atoms with Crippen LogP contribution in [0.3, 0.4) is 0 Å². The molecule has 4 heteroatoms. The number of hydrogen-bond donors (Lipinski definition) is 0. The van der Waals surface area contributed by atoms with E-state index in [9.17, 15) is 4.39 Å². The van der Waals surface area contributed by atoms with Crippen molar-refractivity contribution < 1.29 is 4.39 Å². The second-order valence-electron chi connectivity index (χ2n) is 3.96. The van der Waals surface area contributed by atoms with E-state index >= 15 is 0 Å². The average Bonchev–Trinajstić information content (AvgIpc) is 2.84. The Labute approximate surface area is 101 Å². The predicted molar refractivity (Wildman–Crippen MR) is 63.2 cm³/mol. The minimum absolute atomic E-state index is 0.223. The van der Waals surface area contributed by atoms with Crippen molar-refractivity contribution in [3.8, 4) is 5.69 Å². The Morgan fingerprint density at radius 3 is 2.62 bits per heavy atom. The molecule has 0 amide bonds. The number of halogens is 2. The minimum Gasteiger partial charge on any atom is -0.226 e. The molecule has 1 heterocycles. The van der Waals surface area contributed by atoms with Crippen LogP contribution in [0.15, 0.2) is 28.9 Å². The zero-order chi connectivity index (χ0) is 11.1. The van der Waals surface area contributed by atoms with Gasteiger partial charge in [-0.3, -0.25) is 0 Å². The number of benzene rings is 1. The summed E-state index contributed by atoms with van der Waals surface area (Å²) in [6.45, 7) is 0. The maximum Gasteiger partial charge on any atom is 0.123 e. The summed E-state index contributed by atoms with van der Waals surface area (Å²) in [6, 6.07) is 6.38. The van der Waals surface area contributed by atoms with Crippen molar-refractivity contribution >= 4 is 15.9 Å². The van der Waals surface area contributed by atoms with Gasteiger partial charge >= 0.3 is 0 Å². The van der Waals surface area contributed by atoms with Gasteiger partial charge in [0.2, 0.25) is 0 Å². The number of fused-ring (bicyclic) bond motifs is 1. The molecule has 2 nitrogen and oxygen atoms in total. The van der Waals surface area contributed by atoms with Gasteiger partial charge in [0.1, 0.15) is 10.4 Å². The molecule has 2 aromatic rings. The summed E-state index contributed by atoms with van der Waals surface area (Å²) in [4.78, 5) is 0. The minimum atomic E-state index is -0.223. The number of aromatic nitrogens is 2. The van der Waals surface area contributed by atoms with Crippen molar-refractivity contribution in [2.45, 2.75) is 19.3 Å². The lowest BCUT2D eigenvalue weighted by atomic mass is 10.3. The zero-order valence-corrected chi connectivity index (χ0v) is 10.2. The lowest BCUT2D eigenvalue weighted by Crippen LogP contribution is -1.98. The smallest absolute Gasteiger partial charge is 0.123 e. The van der Waals surface area contributed by atoms with Crippen LogP contribution in [0, 0.1) is 5.82 Å². The molecule has 0 bridgehead atoms. The van der Waals surface area contributed by atoms with Gasteiger partial charge in [0, 0.05) is 5.56 Å². The molecule has 0 fully saturated rings. The van der Waals surface area contributed by atoms with E-state index in [-0.39, 0.29) is 5.82 Å². The van der Waals surface area contributed by atoms with Crippen LogP contribution in [0.1, 0.15) is 17.7 Å². The maximum absolute atomic E-state index is 12.8. The summed E-state index contributed by atoms with van der Waals surface area (Å²) in [5, 5.41) is 4.54. The molecule has 0 saturated heterocycles. The first-order valence-corrected chi connectivity index (χ1v) is 6.07. The molecule has 1 aliphatic carbocycles. The van der Waals surface area contributed by atoms with Gasteiger partial charge in [0.25, 0.3) is 0 Å². The molecule has 82 valence electrons. The Hall–Kier alpha value is -1.16. The summed E-state index contributed by atoms with van der Waals surface area (Å²) >= 11 is 3.56. The van der Waals surface area contributed by atoms with Crippen molar-refractivity contribution in [2.75, 3.05) is 0 Å². The summed E-state index contributed by atoms with van der Waals surface area (Å²) in [6.07, 6.45) is 3.31. The van der Waals surface area contributed by atoms with Gasteiger partial charge in [-0.25, -0.2) is 9.07 Å². The lowest BCUT2D eigenvalue weighted by Gasteiger charge is -2.03. The molecule has 0 N–H and O–H groups in total. The molecule has 1 aromatic heterocycles. The highest BCUT2D eigenvalue weighted by Crippen LogP contribution is 2.30. The SMILES string of the molecule is Fc1ccc(-n2nc3c(c2Br)CCC3)cc1. The summed E-state index contributed by atoms with van der Waals surface area (Å²) in [5.74, 6) is -0.223. The fraction of sp³-hybridized carbons (Fsp3) is 0.250. The molecule has 1 aliphatic rings. The molecule has 0 aliphatic heterocycles. The maximum atomic E-state index is 12.8. The van der Waals surface area contributed by atoms with Crippen LogP contribution >= 0.6 is 15.9 Å². The van der Waals surface area contributed by atoms with Gasteiger partial charge in [0.15, 0.2) is 0 Å². The molecule has 0 atom stereocenters. The van der Waals surface area contributed by atoms with Crippen LogP contribution in [0.4, 0.5) is 4.39 Å². The van der Waals surface area contributed by atoms with E-state index in [0.717, 1.165) is 28.8 Å². The van der Waals surface area contributed by atoms with Crippen LogP contribution in [0.25, 0.3) is 5.69 Å². The van der Waals surface area contributed by atoms with E-state index in [1.807, 2.05) is 4.68 Å². The van der Waals surface area contributed by atoms with E-state index in [0.29, 0.717) is 0 Å². The predicted octanol–water partition coefficient (Wildman–Crippen LogP) is 3.26. The second kappa shape index (κ2) is 3.70. The molecule has 0 spiro atoms. The van der Waals surface area contributed by atoms with E-state index in [1.54, 1.807) is 12.1 Å². The quantitative estimate of drug-likeness (QED) is 0.784. The summed E-state index contributed by atoms with van der Waals surface area (Å²) in [5.41, 5.74) is 3.35. The number of nitrogens with zero attached hydrogens (tertiary/aromatic N) is 2. The fourth-order valence-electron chi connectivity index (χ4n) is 2.11. The van der Waals surface area contributed by atoms with E-state index in [4.69, 9.17) is 0 Å². The van der Waals surface area contributed by atoms with E-state index < -0.39 is 0 Å². The largest absolute Gasteiger partial charge is 0.226 e. The Balaban J connectivity index is 2.10.